The maximum Gasteiger partial charge on any atom is 0.0991 e. The Kier molecular flexibility index (Phi) is 3.31. The van der Waals surface area contributed by atoms with E-state index in [1.807, 2.05) is 12.1 Å². The zero-order valence-electron chi connectivity index (χ0n) is 10.6. The van der Waals surface area contributed by atoms with Crippen LogP contribution < -0.4 is 5.32 Å². The second-order valence-electron chi connectivity index (χ2n) is 5.30. The molecule has 0 radical (unpaired) electrons. The minimum Gasteiger partial charge on any atom is -0.314 e. The Bertz CT molecular complexity index is 436. The number of rotatable bonds is 3. The number of hydrogen-bond donors (Lipinski definition) is 1. The molecule has 0 unspecified atom stereocenters. The van der Waals surface area contributed by atoms with E-state index < -0.39 is 0 Å². The summed E-state index contributed by atoms with van der Waals surface area (Å²) in [6.07, 6.45) is 2.71. The van der Waals surface area contributed by atoms with Gasteiger partial charge in [0.25, 0.3) is 0 Å². The number of piperazine rings is 1. The van der Waals surface area contributed by atoms with Crippen molar-refractivity contribution in [2.75, 3.05) is 26.2 Å². The van der Waals surface area contributed by atoms with Gasteiger partial charge in [-0.05, 0) is 36.5 Å². The fourth-order valence-corrected chi connectivity index (χ4v) is 2.91. The van der Waals surface area contributed by atoms with Gasteiger partial charge in [0.1, 0.15) is 0 Å². The molecule has 1 aliphatic carbocycles. The molecule has 0 spiro atoms. The lowest BCUT2D eigenvalue weighted by atomic mass is 9.99. The quantitative estimate of drug-likeness (QED) is 0.878. The molecule has 0 bridgehead atoms. The van der Waals surface area contributed by atoms with Gasteiger partial charge in [0, 0.05) is 32.2 Å². The zero-order valence-corrected chi connectivity index (χ0v) is 10.6. The SMILES string of the molecule is N#Cc1ccc([C@H](C2CC2)N2CCNCC2)cc1. The van der Waals surface area contributed by atoms with E-state index in [2.05, 4.69) is 28.4 Å². The molecule has 1 aromatic rings. The number of benzene rings is 1. The van der Waals surface area contributed by atoms with E-state index in [1.54, 1.807) is 0 Å². The van der Waals surface area contributed by atoms with Gasteiger partial charge >= 0.3 is 0 Å². The first kappa shape index (κ1) is 11.7. The summed E-state index contributed by atoms with van der Waals surface area (Å²) in [5.74, 6) is 0.830. The summed E-state index contributed by atoms with van der Waals surface area (Å²) in [6.45, 7) is 4.47. The Labute approximate surface area is 108 Å². The number of nitrogens with one attached hydrogen (secondary N) is 1. The van der Waals surface area contributed by atoms with Crippen molar-refractivity contribution in [1.29, 1.82) is 5.26 Å². The molecule has 1 saturated heterocycles. The monoisotopic (exact) mass is 241 g/mol. The van der Waals surface area contributed by atoms with Gasteiger partial charge in [-0.1, -0.05) is 12.1 Å². The summed E-state index contributed by atoms with van der Waals surface area (Å²) in [5.41, 5.74) is 2.15. The van der Waals surface area contributed by atoms with Crippen LogP contribution >= 0.6 is 0 Å². The second-order valence-corrected chi connectivity index (χ2v) is 5.30. The van der Waals surface area contributed by atoms with Crippen LogP contribution in [-0.4, -0.2) is 31.1 Å². The van der Waals surface area contributed by atoms with Crippen LogP contribution in [0.5, 0.6) is 0 Å². The molecule has 3 heteroatoms. The highest BCUT2D eigenvalue weighted by atomic mass is 15.2. The van der Waals surface area contributed by atoms with Crippen LogP contribution in [-0.2, 0) is 0 Å². The van der Waals surface area contributed by atoms with Crippen LogP contribution in [0.1, 0.15) is 30.0 Å². The van der Waals surface area contributed by atoms with E-state index in [1.165, 1.54) is 18.4 Å². The van der Waals surface area contributed by atoms with Crippen molar-refractivity contribution in [3.63, 3.8) is 0 Å². The Morgan fingerprint density at radius 3 is 2.39 bits per heavy atom. The van der Waals surface area contributed by atoms with Gasteiger partial charge in [0.2, 0.25) is 0 Å². The van der Waals surface area contributed by atoms with Gasteiger partial charge in [-0.2, -0.15) is 5.26 Å². The predicted molar refractivity (Wildman–Crippen MR) is 71.1 cm³/mol. The summed E-state index contributed by atoms with van der Waals surface area (Å²) in [4.78, 5) is 2.61. The first-order valence-corrected chi connectivity index (χ1v) is 6.83. The Balaban J connectivity index is 1.81. The van der Waals surface area contributed by atoms with Crippen molar-refractivity contribution in [1.82, 2.24) is 10.2 Å². The fourth-order valence-electron chi connectivity index (χ4n) is 2.91. The highest BCUT2D eigenvalue weighted by Crippen LogP contribution is 2.44. The molecule has 1 saturated carbocycles. The van der Waals surface area contributed by atoms with Gasteiger partial charge in [-0.3, -0.25) is 4.90 Å². The Morgan fingerprint density at radius 1 is 1.17 bits per heavy atom. The topological polar surface area (TPSA) is 39.1 Å². The zero-order chi connectivity index (χ0) is 12.4. The maximum atomic E-state index is 8.87. The normalized spacial score (nSPS) is 22.4. The summed E-state index contributed by atoms with van der Waals surface area (Å²) in [7, 11) is 0. The smallest absolute Gasteiger partial charge is 0.0991 e. The fraction of sp³-hybridized carbons (Fsp3) is 0.533. The minimum atomic E-state index is 0.569. The molecule has 0 aromatic heterocycles. The van der Waals surface area contributed by atoms with E-state index in [9.17, 15) is 0 Å². The second kappa shape index (κ2) is 5.09. The summed E-state index contributed by atoms with van der Waals surface area (Å²) >= 11 is 0. The first-order chi connectivity index (χ1) is 8.88. The molecule has 1 aliphatic heterocycles. The van der Waals surface area contributed by atoms with E-state index >= 15 is 0 Å². The highest BCUT2D eigenvalue weighted by molar-refractivity contribution is 5.33. The predicted octanol–water partition coefficient (Wildman–Crippen LogP) is 1.91. The van der Waals surface area contributed by atoms with Crippen LogP contribution in [0.3, 0.4) is 0 Å². The molecular formula is C15H19N3. The third kappa shape index (κ3) is 2.40. The molecular weight excluding hydrogens is 222 g/mol. The van der Waals surface area contributed by atoms with Gasteiger partial charge in [0.15, 0.2) is 0 Å². The molecule has 1 atom stereocenters. The highest BCUT2D eigenvalue weighted by Gasteiger charge is 2.36. The number of hydrogen-bond acceptors (Lipinski definition) is 3. The van der Waals surface area contributed by atoms with Gasteiger partial charge < -0.3 is 5.32 Å². The Hall–Kier alpha value is -1.37. The lowest BCUT2D eigenvalue weighted by Crippen LogP contribution is -2.45. The summed E-state index contributed by atoms with van der Waals surface area (Å²) in [6, 6.07) is 11.0. The molecule has 0 amide bonds. The number of nitriles is 1. The third-order valence-electron chi connectivity index (χ3n) is 3.99. The average molecular weight is 241 g/mol. The van der Waals surface area contributed by atoms with E-state index in [0.717, 1.165) is 37.7 Å². The molecule has 1 N–H and O–H groups in total. The van der Waals surface area contributed by atoms with Crippen molar-refractivity contribution < 1.29 is 0 Å². The minimum absolute atomic E-state index is 0.569. The maximum absolute atomic E-state index is 8.87. The number of nitrogens with zero attached hydrogens (tertiary/aromatic N) is 2. The van der Waals surface area contributed by atoms with Crippen molar-refractivity contribution in [3.05, 3.63) is 35.4 Å². The van der Waals surface area contributed by atoms with Gasteiger partial charge in [-0.15, -0.1) is 0 Å². The molecule has 94 valence electrons. The molecule has 2 fully saturated rings. The van der Waals surface area contributed by atoms with E-state index in [-0.39, 0.29) is 0 Å². The van der Waals surface area contributed by atoms with Crippen molar-refractivity contribution in [2.45, 2.75) is 18.9 Å². The van der Waals surface area contributed by atoms with E-state index in [0.29, 0.717) is 6.04 Å². The Morgan fingerprint density at radius 2 is 1.83 bits per heavy atom. The molecule has 18 heavy (non-hydrogen) atoms. The van der Waals surface area contributed by atoms with Crippen molar-refractivity contribution in [3.8, 4) is 6.07 Å². The molecule has 3 nitrogen and oxygen atoms in total. The van der Waals surface area contributed by atoms with Gasteiger partial charge in [0.05, 0.1) is 11.6 Å². The molecule has 1 heterocycles. The third-order valence-corrected chi connectivity index (χ3v) is 3.99. The summed E-state index contributed by atoms with van der Waals surface area (Å²) < 4.78 is 0. The summed E-state index contributed by atoms with van der Waals surface area (Å²) in [5, 5.41) is 12.3. The van der Waals surface area contributed by atoms with Crippen LogP contribution in [0.4, 0.5) is 0 Å². The van der Waals surface area contributed by atoms with Crippen molar-refractivity contribution in [2.24, 2.45) is 5.92 Å². The molecule has 1 aromatic carbocycles. The standard InChI is InChI=1S/C15H19N3/c16-11-12-1-3-13(4-2-12)15(14-5-6-14)18-9-7-17-8-10-18/h1-4,14-15,17H,5-10H2/t15-/m1/s1. The first-order valence-electron chi connectivity index (χ1n) is 6.83. The van der Waals surface area contributed by atoms with E-state index in [4.69, 9.17) is 5.26 Å². The lowest BCUT2D eigenvalue weighted by molar-refractivity contribution is 0.156. The van der Waals surface area contributed by atoms with Crippen molar-refractivity contribution >= 4 is 0 Å². The van der Waals surface area contributed by atoms with Crippen LogP contribution in [0.25, 0.3) is 0 Å². The molecule has 2 aliphatic rings. The molecule has 3 rings (SSSR count). The van der Waals surface area contributed by atoms with Crippen LogP contribution in [0, 0.1) is 17.2 Å². The van der Waals surface area contributed by atoms with Crippen LogP contribution in [0.15, 0.2) is 24.3 Å². The average Bonchev–Trinajstić information content (AvgIpc) is 3.26. The van der Waals surface area contributed by atoms with Crippen LogP contribution in [0.2, 0.25) is 0 Å². The van der Waals surface area contributed by atoms with Gasteiger partial charge in [-0.25, -0.2) is 0 Å². The lowest BCUT2D eigenvalue weighted by Gasteiger charge is -2.35. The largest absolute Gasteiger partial charge is 0.314 e.